The highest BCUT2D eigenvalue weighted by atomic mass is 14.0. The molecule has 84 valence electrons. The maximum Gasteiger partial charge on any atom is -0.00885 e. The standard InChI is InChI=1S/C12H14.C2H6.CH4/c1-3-8-12-10-7-5-6-9-11(12)4-2;1-2;/h3-9H,1,10H2,2H3;1-2H3;1H4/b11-4-,12-8-;;. The summed E-state index contributed by atoms with van der Waals surface area (Å²) >= 11 is 0. The fourth-order valence-corrected chi connectivity index (χ4v) is 1.25. The van der Waals surface area contributed by atoms with Crippen molar-refractivity contribution in [3.63, 3.8) is 0 Å². The molecule has 1 rings (SSSR count). The Bertz CT molecular complexity index is 272. The molecule has 1 aliphatic rings. The smallest absolute Gasteiger partial charge is 0.00885 e. The van der Waals surface area contributed by atoms with Gasteiger partial charge in [0, 0.05) is 0 Å². The lowest BCUT2D eigenvalue weighted by Gasteiger charge is -2.02. The SMILES string of the molecule is C.C=C/C=C1/CC=CC=C/C1=C/C.CC. The van der Waals surface area contributed by atoms with Crippen LogP contribution in [0.1, 0.15) is 34.6 Å². The number of allylic oxidation sites excluding steroid dienone is 9. The summed E-state index contributed by atoms with van der Waals surface area (Å²) in [7, 11) is 0. The minimum Gasteiger partial charge on any atom is -0.0991 e. The van der Waals surface area contributed by atoms with Crippen LogP contribution in [-0.4, -0.2) is 0 Å². The Balaban J connectivity index is 0. The van der Waals surface area contributed by atoms with Crippen molar-refractivity contribution < 1.29 is 0 Å². The van der Waals surface area contributed by atoms with Crippen molar-refractivity contribution in [3.8, 4) is 0 Å². The van der Waals surface area contributed by atoms with Gasteiger partial charge in [-0.25, -0.2) is 0 Å². The van der Waals surface area contributed by atoms with Crippen molar-refractivity contribution in [3.05, 3.63) is 60.3 Å². The van der Waals surface area contributed by atoms with E-state index in [0.717, 1.165) is 6.42 Å². The highest BCUT2D eigenvalue weighted by Gasteiger charge is 1.99. The molecule has 0 unspecified atom stereocenters. The van der Waals surface area contributed by atoms with Gasteiger partial charge in [-0.15, -0.1) is 0 Å². The van der Waals surface area contributed by atoms with E-state index in [2.05, 4.69) is 50.0 Å². The maximum atomic E-state index is 3.70. The van der Waals surface area contributed by atoms with E-state index in [-0.39, 0.29) is 7.43 Å². The number of hydrogen-bond donors (Lipinski definition) is 0. The molecule has 0 amide bonds. The predicted molar refractivity (Wildman–Crippen MR) is 73.0 cm³/mol. The molecule has 0 radical (unpaired) electrons. The lowest BCUT2D eigenvalue weighted by molar-refractivity contribution is 1.25. The number of hydrogen-bond acceptors (Lipinski definition) is 0. The third-order valence-electron chi connectivity index (χ3n) is 1.86. The van der Waals surface area contributed by atoms with Crippen molar-refractivity contribution in [2.75, 3.05) is 0 Å². The molecule has 0 fully saturated rings. The minimum atomic E-state index is 0. The molecular weight excluding hydrogens is 180 g/mol. The molecule has 0 bridgehead atoms. The monoisotopic (exact) mass is 204 g/mol. The van der Waals surface area contributed by atoms with Crippen LogP contribution in [0.5, 0.6) is 0 Å². The summed E-state index contributed by atoms with van der Waals surface area (Å²) in [6, 6.07) is 0. The molecule has 15 heavy (non-hydrogen) atoms. The molecule has 0 aromatic heterocycles. The molecule has 0 N–H and O–H groups in total. The van der Waals surface area contributed by atoms with Crippen LogP contribution in [0.3, 0.4) is 0 Å². The average Bonchev–Trinajstić information content (AvgIpc) is 2.47. The van der Waals surface area contributed by atoms with Crippen LogP contribution < -0.4 is 0 Å². The van der Waals surface area contributed by atoms with E-state index in [1.807, 2.05) is 19.9 Å². The van der Waals surface area contributed by atoms with Gasteiger partial charge in [0.15, 0.2) is 0 Å². The Kier molecular flexibility index (Phi) is 11.6. The lowest BCUT2D eigenvalue weighted by Crippen LogP contribution is -1.83. The first-order valence-corrected chi connectivity index (χ1v) is 5.20. The van der Waals surface area contributed by atoms with Crippen LogP contribution >= 0.6 is 0 Å². The Morgan fingerprint density at radius 1 is 1.27 bits per heavy atom. The summed E-state index contributed by atoms with van der Waals surface area (Å²) in [5.74, 6) is 0. The molecule has 0 atom stereocenters. The zero-order valence-electron chi connectivity index (χ0n) is 9.46. The van der Waals surface area contributed by atoms with Crippen molar-refractivity contribution in [1.82, 2.24) is 0 Å². The van der Waals surface area contributed by atoms with Gasteiger partial charge in [-0.1, -0.05) is 70.4 Å². The fraction of sp³-hybridized carbons (Fsp3) is 0.333. The molecule has 0 heteroatoms. The molecule has 0 nitrogen and oxygen atoms in total. The second-order valence-corrected chi connectivity index (χ2v) is 2.66. The van der Waals surface area contributed by atoms with E-state index in [1.54, 1.807) is 0 Å². The van der Waals surface area contributed by atoms with Crippen LogP contribution in [0, 0.1) is 0 Å². The third-order valence-corrected chi connectivity index (χ3v) is 1.86. The molecule has 1 aliphatic carbocycles. The Hall–Kier alpha value is -1.30. The van der Waals surface area contributed by atoms with Gasteiger partial charge in [0.25, 0.3) is 0 Å². The predicted octanol–water partition coefficient (Wildman–Crippen LogP) is 5.22. The lowest BCUT2D eigenvalue weighted by atomic mass is 10.0. The van der Waals surface area contributed by atoms with Crippen LogP contribution in [0.25, 0.3) is 0 Å². The van der Waals surface area contributed by atoms with E-state index in [9.17, 15) is 0 Å². The van der Waals surface area contributed by atoms with Crippen LogP contribution in [0.4, 0.5) is 0 Å². The highest BCUT2D eigenvalue weighted by molar-refractivity contribution is 5.44. The van der Waals surface area contributed by atoms with E-state index >= 15 is 0 Å². The van der Waals surface area contributed by atoms with E-state index < -0.39 is 0 Å². The van der Waals surface area contributed by atoms with E-state index in [1.165, 1.54) is 11.1 Å². The Morgan fingerprint density at radius 3 is 2.47 bits per heavy atom. The zero-order chi connectivity index (χ0) is 10.8. The van der Waals surface area contributed by atoms with Gasteiger partial charge in [0.1, 0.15) is 0 Å². The molecule has 0 heterocycles. The van der Waals surface area contributed by atoms with Gasteiger partial charge in [0.05, 0.1) is 0 Å². The third kappa shape index (κ3) is 5.90. The minimum absolute atomic E-state index is 0. The summed E-state index contributed by atoms with van der Waals surface area (Å²) in [5.41, 5.74) is 2.62. The summed E-state index contributed by atoms with van der Waals surface area (Å²) in [6.07, 6.45) is 15.5. The average molecular weight is 204 g/mol. The zero-order valence-corrected chi connectivity index (χ0v) is 9.46. The van der Waals surface area contributed by atoms with Crippen molar-refractivity contribution in [1.29, 1.82) is 0 Å². The van der Waals surface area contributed by atoms with E-state index in [4.69, 9.17) is 0 Å². The van der Waals surface area contributed by atoms with Crippen molar-refractivity contribution in [2.24, 2.45) is 0 Å². The Labute approximate surface area is 95.4 Å². The molecule has 0 aromatic rings. The summed E-state index contributed by atoms with van der Waals surface area (Å²) < 4.78 is 0. The molecule has 0 aliphatic heterocycles. The van der Waals surface area contributed by atoms with Gasteiger partial charge >= 0.3 is 0 Å². The van der Waals surface area contributed by atoms with Crippen LogP contribution in [0.2, 0.25) is 0 Å². The molecule has 0 saturated carbocycles. The van der Waals surface area contributed by atoms with E-state index in [0.29, 0.717) is 0 Å². The van der Waals surface area contributed by atoms with Gasteiger partial charge < -0.3 is 0 Å². The van der Waals surface area contributed by atoms with Crippen molar-refractivity contribution in [2.45, 2.75) is 34.6 Å². The van der Waals surface area contributed by atoms with Gasteiger partial charge in [-0.3, -0.25) is 0 Å². The van der Waals surface area contributed by atoms with Crippen molar-refractivity contribution >= 4 is 0 Å². The highest BCUT2D eigenvalue weighted by Crippen LogP contribution is 2.18. The first-order valence-electron chi connectivity index (χ1n) is 5.20. The maximum absolute atomic E-state index is 3.70. The quantitative estimate of drug-likeness (QED) is 0.549. The molecule has 0 spiro atoms. The second kappa shape index (κ2) is 10.8. The fourth-order valence-electron chi connectivity index (χ4n) is 1.25. The molecule has 0 saturated heterocycles. The van der Waals surface area contributed by atoms with Crippen LogP contribution in [0.15, 0.2) is 60.3 Å². The number of rotatable bonds is 1. The Morgan fingerprint density at radius 2 is 1.93 bits per heavy atom. The largest absolute Gasteiger partial charge is 0.0991 e. The normalized spacial score (nSPS) is 18.9. The first-order chi connectivity index (χ1) is 6.88. The van der Waals surface area contributed by atoms with Gasteiger partial charge in [-0.05, 0) is 24.5 Å². The van der Waals surface area contributed by atoms with Gasteiger partial charge in [0.2, 0.25) is 0 Å². The molecular formula is C15H24. The summed E-state index contributed by atoms with van der Waals surface area (Å²) in [5, 5.41) is 0. The first kappa shape index (κ1) is 16.1. The second-order valence-electron chi connectivity index (χ2n) is 2.66. The summed E-state index contributed by atoms with van der Waals surface area (Å²) in [6.45, 7) is 9.76. The summed E-state index contributed by atoms with van der Waals surface area (Å²) in [4.78, 5) is 0. The van der Waals surface area contributed by atoms with Crippen LogP contribution in [-0.2, 0) is 0 Å². The van der Waals surface area contributed by atoms with Gasteiger partial charge in [-0.2, -0.15) is 0 Å². The topological polar surface area (TPSA) is 0 Å². The molecule has 0 aromatic carbocycles.